The van der Waals surface area contributed by atoms with Crippen molar-refractivity contribution in [3.8, 4) is 0 Å². The van der Waals surface area contributed by atoms with Gasteiger partial charge in [-0.3, -0.25) is 14.9 Å². The van der Waals surface area contributed by atoms with Crippen molar-refractivity contribution < 1.29 is 9.72 Å². The highest BCUT2D eigenvalue weighted by molar-refractivity contribution is 5.97. The molecule has 0 aliphatic rings. The molecule has 0 aliphatic heterocycles. The summed E-state index contributed by atoms with van der Waals surface area (Å²) in [5, 5.41) is 11.2. The number of pyridine rings is 1. The summed E-state index contributed by atoms with van der Waals surface area (Å²) < 4.78 is 0. The van der Waals surface area contributed by atoms with Gasteiger partial charge in [-0.15, -0.1) is 0 Å². The number of hydrogen-bond acceptors (Lipinski definition) is 4. The maximum atomic E-state index is 11.0. The predicted molar refractivity (Wildman–Crippen MR) is 56.9 cm³/mol. The summed E-state index contributed by atoms with van der Waals surface area (Å²) in [6.45, 7) is 0. The molecule has 80 valence electrons. The number of aromatic nitrogens is 1. The summed E-state index contributed by atoms with van der Waals surface area (Å²) in [5.74, 6) is -0.783. The van der Waals surface area contributed by atoms with Gasteiger partial charge < -0.3 is 5.73 Å². The summed E-state index contributed by atoms with van der Waals surface area (Å²) in [4.78, 5) is 25.2. The molecule has 2 N–H and O–H groups in total. The van der Waals surface area contributed by atoms with Crippen LogP contribution in [0.25, 0.3) is 10.9 Å². The third-order valence-corrected chi connectivity index (χ3v) is 2.14. The van der Waals surface area contributed by atoms with E-state index in [0.717, 1.165) is 6.07 Å². The van der Waals surface area contributed by atoms with Crippen LogP contribution in [0.4, 0.5) is 5.69 Å². The Balaban J connectivity index is 2.84. The fourth-order valence-electron chi connectivity index (χ4n) is 1.43. The Morgan fingerprint density at radius 1 is 1.38 bits per heavy atom. The molecule has 0 saturated carbocycles. The molecule has 1 aromatic carbocycles. The van der Waals surface area contributed by atoms with Gasteiger partial charge in [0, 0.05) is 6.07 Å². The van der Waals surface area contributed by atoms with Crippen molar-refractivity contribution in [2.24, 2.45) is 5.73 Å². The topological polar surface area (TPSA) is 99.1 Å². The molecule has 0 saturated heterocycles. The fraction of sp³-hybridized carbons (Fsp3) is 0. The van der Waals surface area contributed by atoms with E-state index in [1.807, 2.05) is 0 Å². The number of nitro groups is 1. The maximum Gasteiger partial charge on any atom is 0.281 e. The number of benzene rings is 1. The molecule has 0 unspecified atom stereocenters. The van der Waals surface area contributed by atoms with Crippen molar-refractivity contribution in [2.75, 3.05) is 0 Å². The van der Waals surface area contributed by atoms with Crippen LogP contribution in [-0.4, -0.2) is 15.8 Å². The van der Waals surface area contributed by atoms with Crippen LogP contribution >= 0.6 is 0 Å². The molecule has 16 heavy (non-hydrogen) atoms. The third kappa shape index (κ3) is 1.56. The minimum absolute atomic E-state index is 0.106. The molecule has 0 atom stereocenters. The molecule has 2 rings (SSSR count). The first-order valence-corrected chi connectivity index (χ1v) is 4.43. The lowest BCUT2D eigenvalue weighted by molar-refractivity contribution is -0.383. The minimum Gasteiger partial charge on any atom is -0.364 e. The van der Waals surface area contributed by atoms with Gasteiger partial charge >= 0.3 is 0 Å². The van der Waals surface area contributed by atoms with Crippen molar-refractivity contribution in [1.82, 2.24) is 4.98 Å². The number of fused-ring (bicyclic) bond motifs is 1. The van der Waals surface area contributed by atoms with Gasteiger partial charge in [-0.1, -0.05) is 12.1 Å². The largest absolute Gasteiger partial charge is 0.364 e. The zero-order chi connectivity index (χ0) is 11.7. The molecule has 0 fully saturated rings. The number of para-hydroxylation sites is 1. The Morgan fingerprint density at radius 3 is 2.69 bits per heavy atom. The van der Waals surface area contributed by atoms with Gasteiger partial charge in [0.05, 0.1) is 15.8 Å². The molecule has 6 nitrogen and oxygen atoms in total. The van der Waals surface area contributed by atoms with E-state index in [1.165, 1.54) is 0 Å². The van der Waals surface area contributed by atoms with Crippen LogP contribution in [-0.2, 0) is 0 Å². The first-order chi connectivity index (χ1) is 7.59. The Labute approximate surface area is 89.9 Å². The Bertz CT molecular complexity index is 595. The normalized spacial score (nSPS) is 10.2. The molecule has 2 aromatic rings. The van der Waals surface area contributed by atoms with Crippen LogP contribution in [0.15, 0.2) is 30.3 Å². The first-order valence-electron chi connectivity index (χ1n) is 4.43. The van der Waals surface area contributed by atoms with Gasteiger partial charge in [-0.25, -0.2) is 4.98 Å². The number of hydrogen-bond donors (Lipinski definition) is 1. The van der Waals surface area contributed by atoms with Crippen LogP contribution in [0, 0.1) is 10.1 Å². The van der Waals surface area contributed by atoms with E-state index in [9.17, 15) is 14.9 Å². The maximum absolute atomic E-state index is 11.0. The van der Waals surface area contributed by atoms with Crippen molar-refractivity contribution in [2.45, 2.75) is 0 Å². The molecule has 1 aromatic heterocycles. The Hall–Kier alpha value is -2.50. The average Bonchev–Trinajstić information content (AvgIpc) is 2.27. The molecule has 0 aliphatic carbocycles. The summed E-state index contributed by atoms with van der Waals surface area (Å²) in [7, 11) is 0. The van der Waals surface area contributed by atoms with E-state index in [-0.39, 0.29) is 11.4 Å². The van der Waals surface area contributed by atoms with Crippen molar-refractivity contribution >= 4 is 22.5 Å². The van der Waals surface area contributed by atoms with Gasteiger partial charge in [0.1, 0.15) is 5.69 Å². The molecule has 1 heterocycles. The number of amides is 1. The van der Waals surface area contributed by atoms with Gasteiger partial charge in [-0.2, -0.15) is 0 Å². The molecular formula is C10H7N3O3. The van der Waals surface area contributed by atoms with E-state index >= 15 is 0 Å². The van der Waals surface area contributed by atoms with Gasteiger partial charge in [0.25, 0.3) is 11.6 Å². The summed E-state index contributed by atoms with van der Waals surface area (Å²) >= 11 is 0. The number of primary amides is 1. The highest BCUT2D eigenvalue weighted by atomic mass is 16.6. The lowest BCUT2D eigenvalue weighted by Gasteiger charge is -2.01. The third-order valence-electron chi connectivity index (χ3n) is 2.14. The van der Waals surface area contributed by atoms with Crippen molar-refractivity contribution in [1.29, 1.82) is 0 Å². The van der Waals surface area contributed by atoms with E-state index in [2.05, 4.69) is 4.98 Å². The zero-order valence-electron chi connectivity index (χ0n) is 8.08. The molecule has 1 amide bonds. The van der Waals surface area contributed by atoms with E-state index in [4.69, 9.17) is 5.73 Å². The standard InChI is InChI=1S/C10H7N3O3/c11-10(14)8-5-9(13(15)16)6-3-1-2-4-7(6)12-8/h1-5H,(H2,11,14). The highest BCUT2D eigenvalue weighted by Gasteiger charge is 2.16. The van der Waals surface area contributed by atoms with Gasteiger partial charge in [0.15, 0.2) is 0 Å². The number of rotatable bonds is 2. The second-order valence-electron chi connectivity index (χ2n) is 3.17. The zero-order valence-corrected chi connectivity index (χ0v) is 8.08. The number of carbonyl (C=O) groups excluding carboxylic acids is 1. The SMILES string of the molecule is NC(=O)c1cc([N+](=O)[O-])c2ccccc2n1. The van der Waals surface area contributed by atoms with Crippen LogP contribution in [0.2, 0.25) is 0 Å². The lowest BCUT2D eigenvalue weighted by atomic mass is 10.1. The molecule has 0 radical (unpaired) electrons. The molecule has 6 heteroatoms. The van der Waals surface area contributed by atoms with Gasteiger partial charge in [0.2, 0.25) is 0 Å². The summed E-state index contributed by atoms with van der Waals surface area (Å²) in [5.41, 5.74) is 5.16. The van der Waals surface area contributed by atoms with Crippen LogP contribution in [0.5, 0.6) is 0 Å². The second kappa shape index (κ2) is 3.58. The smallest absolute Gasteiger partial charge is 0.281 e. The highest BCUT2D eigenvalue weighted by Crippen LogP contribution is 2.24. The number of nitrogens with zero attached hydrogens (tertiary/aromatic N) is 2. The molecule has 0 bridgehead atoms. The average molecular weight is 217 g/mol. The van der Waals surface area contributed by atoms with E-state index < -0.39 is 10.8 Å². The predicted octanol–water partition coefficient (Wildman–Crippen LogP) is 1.24. The lowest BCUT2D eigenvalue weighted by Crippen LogP contribution is -2.13. The first kappa shape index (κ1) is 10.0. The monoisotopic (exact) mass is 217 g/mol. The number of carbonyl (C=O) groups is 1. The fourth-order valence-corrected chi connectivity index (χ4v) is 1.43. The Kier molecular flexibility index (Phi) is 2.24. The van der Waals surface area contributed by atoms with Gasteiger partial charge in [-0.05, 0) is 12.1 Å². The minimum atomic E-state index is -0.783. The van der Waals surface area contributed by atoms with Crippen LogP contribution in [0.3, 0.4) is 0 Å². The quantitative estimate of drug-likeness (QED) is 0.604. The Morgan fingerprint density at radius 2 is 2.06 bits per heavy atom. The van der Waals surface area contributed by atoms with E-state index in [0.29, 0.717) is 10.9 Å². The van der Waals surface area contributed by atoms with Crippen molar-refractivity contribution in [3.05, 3.63) is 46.1 Å². The molecule has 0 spiro atoms. The van der Waals surface area contributed by atoms with E-state index in [1.54, 1.807) is 24.3 Å². The number of nitrogens with two attached hydrogens (primary N) is 1. The van der Waals surface area contributed by atoms with Crippen LogP contribution < -0.4 is 5.73 Å². The summed E-state index contributed by atoms with van der Waals surface area (Å²) in [6.07, 6.45) is 0. The van der Waals surface area contributed by atoms with Crippen molar-refractivity contribution in [3.63, 3.8) is 0 Å². The second-order valence-corrected chi connectivity index (χ2v) is 3.17. The summed E-state index contributed by atoms with van der Waals surface area (Å²) in [6, 6.07) is 7.61. The van der Waals surface area contributed by atoms with Crippen LogP contribution in [0.1, 0.15) is 10.5 Å². The molecular weight excluding hydrogens is 210 g/mol.